The van der Waals surface area contributed by atoms with Crippen molar-refractivity contribution in [2.75, 3.05) is 40.4 Å². The Bertz CT molecular complexity index is 2230. The number of benzene rings is 2. The zero-order chi connectivity index (χ0) is 32.4. The van der Waals surface area contributed by atoms with E-state index in [0.717, 1.165) is 96.6 Å². The van der Waals surface area contributed by atoms with E-state index in [1.807, 2.05) is 58.9 Å². The molecule has 0 unspecified atom stereocenters. The number of methoxy groups -OCH3 is 2. The van der Waals surface area contributed by atoms with Crippen molar-refractivity contribution in [2.45, 2.75) is 51.5 Å². The van der Waals surface area contributed by atoms with Crippen molar-refractivity contribution in [3.05, 3.63) is 70.7 Å². The summed E-state index contributed by atoms with van der Waals surface area (Å²) in [5.74, 6) is 2.82. The minimum atomic E-state index is -0.201. The van der Waals surface area contributed by atoms with Gasteiger partial charge in [0, 0.05) is 68.4 Å². The minimum Gasteiger partial charge on any atom is -0.496 e. The lowest BCUT2D eigenvalue weighted by Gasteiger charge is -2.41. The van der Waals surface area contributed by atoms with E-state index in [-0.39, 0.29) is 11.5 Å². The molecule has 2 aromatic carbocycles. The summed E-state index contributed by atoms with van der Waals surface area (Å²) in [5.41, 5.74) is 6.26. The summed E-state index contributed by atoms with van der Waals surface area (Å²) in [6, 6.07) is 12.3. The van der Waals surface area contributed by atoms with E-state index in [0.29, 0.717) is 34.5 Å². The average Bonchev–Trinajstić information content (AvgIpc) is 3.69. The second-order valence-electron chi connectivity index (χ2n) is 12.9. The van der Waals surface area contributed by atoms with E-state index >= 15 is 0 Å². The van der Waals surface area contributed by atoms with E-state index in [9.17, 15) is 9.59 Å². The molecule has 2 aliphatic rings. The highest BCUT2D eigenvalue weighted by atomic mass is 16.5. The monoisotopic (exact) mass is 633 g/mol. The van der Waals surface area contributed by atoms with E-state index in [1.54, 1.807) is 21.1 Å². The predicted molar refractivity (Wildman–Crippen MR) is 182 cm³/mol. The first-order valence-corrected chi connectivity index (χ1v) is 16.4. The van der Waals surface area contributed by atoms with Crippen molar-refractivity contribution in [1.29, 1.82) is 0 Å². The lowest BCUT2D eigenvalue weighted by atomic mass is 9.84. The molecule has 1 aliphatic heterocycles. The third kappa shape index (κ3) is 4.74. The molecule has 8 rings (SSSR count). The average molecular weight is 634 g/mol. The van der Waals surface area contributed by atoms with Crippen LogP contribution in [0.1, 0.15) is 50.0 Å². The zero-order valence-corrected chi connectivity index (χ0v) is 27.2. The number of H-pyrrole nitrogens is 1. The van der Waals surface area contributed by atoms with Crippen LogP contribution < -0.4 is 15.0 Å². The van der Waals surface area contributed by atoms with Gasteiger partial charge in [-0.25, -0.2) is 4.98 Å². The molecule has 4 aromatic heterocycles. The van der Waals surface area contributed by atoms with Crippen molar-refractivity contribution in [2.24, 2.45) is 0 Å². The number of nitrogens with zero attached hydrogens (tertiary/aromatic N) is 6. The number of imidazole rings is 1. The van der Waals surface area contributed by atoms with Gasteiger partial charge in [0.05, 0.1) is 42.2 Å². The van der Waals surface area contributed by atoms with E-state index < -0.39 is 0 Å². The van der Waals surface area contributed by atoms with E-state index in [2.05, 4.69) is 25.3 Å². The standard InChI is InChI=1S/C36H39N7O4/c1-21-34-32(38-35(42(34)13-12-37-21)23-8-10-25(11-9-23)41-16-14-40(15-17-41)22(2)44)24-18-28-33(31(19-24)47-4)39-36(45)29-20-26-27(43(28)29)6-5-7-30(26)46-3/h5-7,12-13,18-20,23,25H,8-11,14-17H2,1-4H3,(H,39,45). The van der Waals surface area contributed by atoms with Gasteiger partial charge in [0.25, 0.3) is 5.56 Å². The fourth-order valence-electron chi connectivity index (χ4n) is 8.00. The van der Waals surface area contributed by atoms with Crippen LogP contribution in [0.3, 0.4) is 0 Å². The molecule has 6 aromatic rings. The number of fused-ring (bicyclic) bond motifs is 6. The lowest BCUT2D eigenvalue weighted by Crippen LogP contribution is -2.52. The molecule has 0 spiro atoms. The Hall–Kier alpha value is -4.90. The minimum absolute atomic E-state index is 0.170. The molecule has 0 atom stereocenters. The second kappa shape index (κ2) is 11.4. The summed E-state index contributed by atoms with van der Waals surface area (Å²) < 4.78 is 15.7. The van der Waals surface area contributed by atoms with Crippen LogP contribution in [0.5, 0.6) is 11.5 Å². The van der Waals surface area contributed by atoms with Crippen LogP contribution in [0, 0.1) is 6.92 Å². The van der Waals surface area contributed by atoms with Crippen LogP contribution in [0.4, 0.5) is 0 Å². The molecule has 1 N–H and O–H groups in total. The Balaban J connectivity index is 1.21. The number of nitrogens with one attached hydrogen (secondary N) is 1. The van der Waals surface area contributed by atoms with Crippen LogP contribution in [-0.2, 0) is 4.79 Å². The molecular formula is C36H39N7O4. The predicted octanol–water partition coefficient (Wildman–Crippen LogP) is 5.16. The fourth-order valence-corrected chi connectivity index (χ4v) is 8.00. The molecular weight excluding hydrogens is 594 g/mol. The fraction of sp³-hybridized carbons (Fsp3) is 0.389. The normalized spacial score (nSPS) is 19.3. The number of aryl methyl sites for hydroxylation is 1. The summed E-state index contributed by atoms with van der Waals surface area (Å²) in [7, 11) is 3.27. The highest BCUT2D eigenvalue weighted by molar-refractivity contribution is 5.99. The zero-order valence-electron chi connectivity index (χ0n) is 27.2. The highest BCUT2D eigenvalue weighted by Crippen LogP contribution is 2.40. The maximum absolute atomic E-state index is 13.3. The number of carbonyl (C=O) groups excluding carboxylic acids is 1. The topological polar surface area (TPSA) is 109 Å². The molecule has 0 bridgehead atoms. The molecule has 1 saturated carbocycles. The van der Waals surface area contributed by atoms with Crippen LogP contribution in [0.2, 0.25) is 0 Å². The van der Waals surface area contributed by atoms with E-state index in [4.69, 9.17) is 14.5 Å². The summed E-state index contributed by atoms with van der Waals surface area (Å²) in [6.07, 6.45) is 8.21. The number of piperazine rings is 1. The van der Waals surface area contributed by atoms with Gasteiger partial charge in [0.15, 0.2) is 0 Å². The van der Waals surface area contributed by atoms with Gasteiger partial charge in [-0.2, -0.15) is 0 Å². The van der Waals surface area contributed by atoms with Gasteiger partial charge in [-0.15, -0.1) is 0 Å². The van der Waals surface area contributed by atoms with Crippen molar-refractivity contribution in [3.8, 4) is 22.8 Å². The molecule has 11 nitrogen and oxygen atoms in total. The van der Waals surface area contributed by atoms with Gasteiger partial charge in [0.1, 0.15) is 28.4 Å². The smallest absolute Gasteiger partial charge is 0.272 e. The number of hydrogen-bond donors (Lipinski definition) is 1. The van der Waals surface area contributed by atoms with Crippen LogP contribution in [0.15, 0.2) is 53.6 Å². The van der Waals surface area contributed by atoms with Crippen molar-refractivity contribution >= 4 is 38.9 Å². The van der Waals surface area contributed by atoms with Crippen LogP contribution in [-0.4, -0.2) is 85.9 Å². The molecule has 5 heterocycles. The largest absolute Gasteiger partial charge is 0.496 e. The van der Waals surface area contributed by atoms with Gasteiger partial charge in [-0.3, -0.25) is 23.9 Å². The Labute approximate surface area is 271 Å². The molecule has 0 radical (unpaired) electrons. The number of aromatic amines is 1. The van der Waals surface area contributed by atoms with Gasteiger partial charge in [0.2, 0.25) is 5.91 Å². The number of carbonyl (C=O) groups is 1. The first-order chi connectivity index (χ1) is 22.9. The van der Waals surface area contributed by atoms with Gasteiger partial charge in [-0.1, -0.05) is 6.07 Å². The lowest BCUT2D eigenvalue weighted by molar-refractivity contribution is -0.131. The molecule has 47 heavy (non-hydrogen) atoms. The Morgan fingerprint density at radius 3 is 2.43 bits per heavy atom. The quantitative estimate of drug-likeness (QED) is 0.279. The Morgan fingerprint density at radius 1 is 0.936 bits per heavy atom. The number of amides is 1. The molecule has 1 aliphatic carbocycles. The number of hydrogen-bond acceptors (Lipinski definition) is 7. The van der Waals surface area contributed by atoms with E-state index in [1.165, 1.54) is 0 Å². The number of rotatable bonds is 5. The van der Waals surface area contributed by atoms with Crippen LogP contribution in [0.25, 0.3) is 44.2 Å². The third-order valence-electron chi connectivity index (χ3n) is 10.4. The maximum Gasteiger partial charge on any atom is 0.272 e. The van der Waals surface area contributed by atoms with Crippen LogP contribution >= 0.6 is 0 Å². The summed E-state index contributed by atoms with van der Waals surface area (Å²) >= 11 is 0. The highest BCUT2D eigenvalue weighted by Gasteiger charge is 2.32. The summed E-state index contributed by atoms with van der Waals surface area (Å²) in [4.78, 5) is 42.8. The van der Waals surface area contributed by atoms with Gasteiger partial charge < -0.3 is 23.8 Å². The van der Waals surface area contributed by atoms with Gasteiger partial charge >= 0.3 is 0 Å². The number of ether oxygens (including phenoxy) is 2. The van der Waals surface area contributed by atoms with Gasteiger partial charge in [-0.05, 0) is 62.9 Å². The SMILES string of the molecule is COc1cccc2c1cc1c(=O)[nH]c3c(OC)cc(-c4nc(C5CCC(N6CCN(C(C)=O)CC6)CC5)n5ccnc(C)c45)cc3n12. The number of aromatic nitrogens is 5. The second-order valence-corrected chi connectivity index (χ2v) is 12.9. The van der Waals surface area contributed by atoms with Crippen molar-refractivity contribution in [1.82, 2.24) is 33.6 Å². The first-order valence-electron chi connectivity index (χ1n) is 16.4. The first kappa shape index (κ1) is 29.5. The summed E-state index contributed by atoms with van der Waals surface area (Å²) in [6.45, 7) is 7.22. The summed E-state index contributed by atoms with van der Waals surface area (Å²) in [5, 5.41) is 0.864. The Kier molecular flexibility index (Phi) is 7.16. The van der Waals surface area contributed by atoms with Crippen molar-refractivity contribution < 1.29 is 14.3 Å². The van der Waals surface area contributed by atoms with Crippen molar-refractivity contribution in [3.63, 3.8) is 0 Å². The molecule has 11 heteroatoms. The molecule has 1 amide bonds. The Morgan fingerprint density at radius 2 is 1.70 bits per heavy atom. The third-order valence-corrected chi connectivity index (χ3v) is 10.4. The maximum atomic E-state index is 13.3. The molecule has 242 valence electrons. The molecule has 1 saturated heterocycles. The molecule has 2 fully saturated rings.